The first kappa shape index (κ1) is 18.2. The molecule has 4 rings (SSSR count). The molecule has 0 unspecified atom stereocenters. The summed E-state index contributed by atoms with van der Waals surface area (Å²) in [6.45, 7) is 0.716. The molecule has 2 aromatic carbocycles. The first-order valence-electron chi connectivity index (χ1n) is 8.98. The summed E-state index contributed by atoms with van der Waals surface area (Å²) in [4.78, 5) is 30.5. The number of carbonyl (C=O) groups excluding carboxylic acids is 2. The van der Waals surface area contributed by atoms with Gasteiger partial charge in [-0.25, -0.2) is 9.67 Å². The smallest absolute Gasteiger partial charge is 0.255 e. The van der Waals surface area contributed by atoms with Gasteiger partial charge in [0.2, 0.25) is 5.91 Å². The molecule has 0 saturated carbocycles. The van der Waals surface area contributed by atoms with Gasteiger partial charge in [0.15, 0.2) is 0 Å². The van der Waals surface area contributed by atoms with E-state index in [1.165, 1.54) is 6.33 Å². The summed E-state index contributed by atoms with van der Waals surface area (Å²) < 4.78 is 1.55. The van der Waals surface area contributed by atoms with Gasteiger partial charge < -0.3 is 10.2 Å². The number of aromatic nitrogens is 3. The fourth-order valence-electron chi connectivity index (χ4n) is 3.21. The third-order valence-electron chi connectivity index (χ3n) is 4.64. The minimum Gasteiger partial charge on any atom is -0.320 e. The molecular weight excluding hydrogens is 378 g/mol. The van der Waals surface area contributed by atoms with Crippen LogP contribution in [0.2, 0.25) is 5.02 Å². The Hall–Kier alpha value is -3.19. The zero-order chi connectivity index (χ0) is 19.5. The molecule has 1 N–H and O–H groups in total. The topological polar surface area (TPSA) is 80.1 Å². The molecule has 8 heteroatoms. The third-order valence-corrected chi connectivity index (χ3v) is 4.87. The quantitative estimate of drug-likeness (QED) is 0.730. The van der Waals surface area contributed by atoms with Gasteiger partial charge in [-0.1, -0.05) is 11.6 Å². The Kier molecular flexibility index (Phi) is 5.08. The molecule has 0 aliphatic carbocycles. The largest absolute Gasteiger partial charge is 0.320 e. The zero-order valence-corrected chi connectivity index (χ0v) is 15.8. The fraction of sp³-hybridized carbons (Fsp3) is 0.200. The van der Waals surface area contributed by atoms with Crippen LogP contribution in [0.5, 0.6) is 0 Å². The van der Waals surface area contributed by atoms with Gasteiger partial charge in [-0.3, -0.25) is 9.59 Å². The number of hydrogen-bond donors (Lipinski definition) is 1. The number of rotatable bonds is 4. The molecule has 0 spiro atoms. The van der Waals surface area contributed by atoms with Crippen molar-refractivity contribution in [3.8, 4) is 5.69 Å². The highest BCUT2D eigenvalue weighted by atomic mass is 35.5. The summed E-state index contributed by atoms with van der Waals surface area (Å²) in [5, 5.41) is 7.47. The van der Waals surface area contributed by atoms with Gasteiger partial charge in [0.05, 0.1) is 11.4 Å². The SMILES string of the molecule is O=C(Nc1cc(Cl)ccc1-n1cncn1)c1ccc(N2CCCCC2=O)cc1. The summed E-state index contributed by atoms with van der Waals surface area (Å²) >= 11 is 6.09. The Morgan fingerprint density at radius 1 is 1.11 bits per heavy atom. The Bertz CT molecular complexity index is 1000. The van der Waals surface area contributed by atoms with E-state index in [2.05, 4.69) is 15.4 Å². The number of nitrogens with one attached hydrogen (secondary N) is 1. The van der Waals surface area contributed by atoms with Crippen LogP contribution in [-0.2, 0) is 4.79 Å². The van der Waals surface area contributed by atoms with Gasteiger partial charge in [-0.05, 0) is 55.3 Å². The number of carbonyl (C=O) groups is 2. The highest BCUT2D eigenvalue weighted by molar-refractivity contribution is 6.31. The molecular formula is C20H18ClN5O2. The van der Waals surface area contributed by atoms with Gasteiger partial charge in [0.25, 0.3) is 5.91 Å². The summed E-state index contributed by atoms with van der Waals surface area (Å²) in [6, 6.07) is 12.2. The normalized spacial score (nSPS) is 14.2. The van der Waals surface area contributed by atoms with E-state index in [-0.39, 0.29) is 11.8 Å². The van der Waals surface area contributed by atoms with Crippen LogP contribution in [0.15, 0.2) is 55.1 Å². The minimum absolute atomic E-state index is 0.125. The van der Waals surface area contributed by atoms with E-state index in [9.17, 15) is 9.59 Å². The maximum absolute atomic E-state index is 12.7. The second-order valence-corrected chi connectivity index (χ2v) is 6.94. The molecule has 142 valence electrons. The average molecular weight is 396 g/mol. The Morgan fingerprint density at radius 3 is 2.64 bits per heavy atom. The molecule has 28 heavy (non-hydrogen) atoms. The molecule has 1 aliphatic rings. The van der Waals surface area contributed by atoms with E-state index in [1.807, 2.05) is 0 Å². The van der Waals surface area contributed by atoms with Crippen molar-refractivity contribution in [1.82, 2.24) is 14.8 Å². The first-order valence-corrected chi connectivity index (χ1v) is 9.36. The van der Waals surface area contributed by atoms with Crippen LogP contribution in [-0.4, -0.2) is 33.1 Å². The van der Waals surface area contributed by atoms with Crippen molar-refractivity contribution < 1.29 is 9.59 Å². The summed E-state index contributed by atoms with van der Waals surface area (Å²) in [5.74, 6) is -0.153. The summed E-state index contributed by atoms with van der Waals surface area (Å²) in [6.07, 6.45) is 5.46. The standard InChI is InChI=1S/C20H18ClN5O2/c21-15-6-9-18(26-13-22-12-23-26)17(11-15)24-20(28)14-4-7-16(8-5-14)25-10-2-1-3-19(25)27/h4-9,11-13H,1-3,10H2,(H,24,28). The number of anilines is 2. The average Bonchev–Trinajstić information content (AvgIpc) is 3.23. The highest BCUT2D eigenvalue weighted by Gasteiger charge is 2.20. The molecule has 0 radical (unpaired) electrons. The van der Waals surface area contributed by atoms with E-state index in [1.54, 1.807) is 58.4 Å². The van der Waals surface area contributed by atoms with Crippen LogP contribution in [0.3, 0.4) is 0 Å². The predicted octanol–water partition coefficient (Wildman–Crippen LogP) is 3.69. The summed E-state index contributed by atoms with van der Waals surface area (Å²) in [7, 11) is 0. The van der Waals surface area contributed by atoms with E-state index in [0.29, 0.717) is 34.9 Å². The highest BCUT2D eigenvalue weighted by Crippen LogP contribution is 2.25. The number of nitrogens with zero attached hydrogens (tertiary/aromatic N) is 4. The van der Waals surface area contributed by atoms with Crippen LogP contribution in [0.25, 0.3) is 5.69 Å². The minimum atomic E-state index is -0.278. The molecule has 0 bridgehead atoms. The van der Waals surface area contributed by atoms with Crippen LogP contribution in [0, 0.1) is 0 Å². The van der Waals surface area contributed by atoms with Gasteiger partial charge in [-0.2, -0.15) is 5.10 Å². The van der Waals surface area contributed by atoms with Crippen molar-refractivity contribution in [2.75, 3.05) is 16.8 Å². The van der Waals surface area contributed by atoms with Crippen molar-refractivity contribution >= 4 is 34.8 Å². The van der Waals surface area contributed by atoms with Gasteiger partial charge in [0, 0.05) is 29.2 Å². The lowest BCUT2D eigenvalue weighted by Gasteiger charge is -2.26. The maximum Gasteiger partial charge on any atom is 0.255 e. The number of halogens is 1. The zero-order valence-electron chi connectivity index (χ0n) is 15.0. The van der Waals surface area contributed by atoms with Gasteiger partial charge in [0.1, 0.15) is 12.7 Å². The number of hydrogen-bond acceptors (Lipinski definition) is 4. The van der Waals surface area contributed by atoms with Gasteiger partial charge in [-0.15, -0.1) is 0 Å². The Balaban J connectivity index is 1.54. The first-order chi connectivity index (χ1) is 13.6. The Morgan fingerprint density at radius 2 is 1.93 bits per heavy atom. The van der Waals surface area contributed by atoms with Crippen molar-refractivity contribution in [1.29, 1.82) is 0 Å². The van der Waals surface area contributed by atoms with Crippen molar-refractivity contribution in [2.45, 2.75) is 19.3 Å². The third kappa shape index (κ3) is 3.75. The van der Waals surface area contributed by atoms with Crippen LogP contribution in [0.4, 0.5) is 11.4 Å². The van der Waals surface area contributed by atoms with Crippen LogP contribution >= 0.6 is 11.6 Å². The Labute approximate surface area is 166 Å². The van der Waals surface area contributed by atoms with E-state index in [4.69, 9.17) is 11.6 Å². The van der Waals surface area contributed by atoms with Crippen molar-refractivity contribution in [3.05, 3.63) is 65.7 Å². The molecule has 0 atom stereocenters. The van der Waals surface area contributed by atoms with Crippen LogP contribution < -0.4 is 10.2 Å². The molecule has 7 nitrogen and oxygen atoms in total. The fourth-order valence-corrected chi connectivity index (χ4v) is 3.38. The molecule has 1 fully saturated rings. The maximum atomic E-state index is 12.7. The number of piperidine rings is 1. The molecule has 1 saturated heterocycles. The monoisotopic (exact) mass is 395 g/mol. The van der Waals surface area contributed by atoms with Crippen LogP contribution in [0.1, 0.15) is 29.6 Å². The lowest BCUT2D eigenvalue weighted by molar-refractivity contribution is -0.119. The lowest BCUT2D eigenvalue weighted by atomic mass is 10.1. The van der Waals surface area contributed by atoms with E-state index in [0.717, 1.165) is 18.5 Å². The molecule has 3 aromatic rings. The molecule has 1 aliphatic heterocycles. The second kappa shape index (κ2) is 7.82. The van der Waals surface area contributed by atoms with E-state index < -0.39 is 0 Å². The van der Waals surface area contributed by atoms with Crippen molar-refractivity contribution in [3.63, 3.8) is 0 Å². The molecule has 1 aromatic heterocycles. The number of amides is 2. The second-order valence-electron chi connectivity index (χ2n) is 6.51. The summed E-state index contributed by atoms with van der Waals surface area (Å²) in [5.41, 5.74) is 2.48. The predicted molar refractivity (Wildman–Crippen MR) is 107 cm³/mol. The lowest BCUT2D eigenvalue weighted by Crippen LogP contribution is -2.35. The van der Waals surface area contributed by atoms with E-state index >= 15 is 0 Å². The van der Waals surface area contributed by atoms with Crippen molar-refractivity contribution in [2.24, 2.45) is 0 Å². The molecule has 2 amide bonds. The van der Waals surface area contributed by atoms with Gasteiger partial charge >= 0.3 is 0 Å². The molecule has 2 heterocycles. The number of benzene rings is 2.